The summed E-state index contributed by atoms with van der Waals surface area (Å²) in [6.45, 7) is 0. The lowest BCUT2D eigenvalue weighted by Crippen LogP contribution is -2.15. The van der Waals surface area contributed by atoms with Gasteiger partial charge in [0.25, 0.3) is 11.2 Å². The van der Waals surface area contributed by atoms with Gasteiger partial charge in [0.05, 0.1) is 22.2 Å². The fourth-order valence-corrected chi connectivity index (χ4v) is 1.95. The molecule has 2 unspecified atom stereocenters. The van der Waals surface area contributed by atoms with E-state index in [9.17, 15) is 14.9 Å². The van der Waals surface area contributed by atoms with Gasteiger partial charge in [0.2, 0.25) is 0 Å². The van der Waals surface area contributed by atoms with Crippen LogP contribution in [0.4, 0.5) is 11.4 Å². The van der Waals surface area contributed by atoms with Crippen LogP contribution in [0.5, 0.6) is 0 Å². The molecule has 1 heterocycles. The van der Waals surface area contributed by atoms with E-state index in [-0.39, 0.29) is 23.2 Å². The average molecular weight is 261 g/mol. The number of H-pyrrole nitrogens is 1. The first kappa shape index (κ1) is 11.6. The molecule has 0 amide bonds. The zero-order valence-electron chi connectivity index (χ0n) is 9.79. The van der Waals surface area contributed by atoms with Crippen LogP contribution in [0, 0.1) is 10.1 Å². The van der Waals surface area contributed by atoms with Crippen LogP contribution in [0.1, 0.15) is 6.42 Å². The lowest BCUT2D eigenvalue weighted by atomic mass is 10.2. The Morgan fingerprint density at radius 2 is 2.26 bits per heavy atom. The quantitative estimate of drug-likeness (QED) is 0.540. The van der Waals surface area contributed by atoms with Crippen LogP contribution in [0.15, 0.2) is 23.3 Å². The van der Waals surface area contributed by atoms with E-state index >= 15 is 0 Å². The van der Waals surface area contributed by atoms with E-state index in [0.717, 1.165) is 6.42 Å². The Hall–Kier alpha value is -2.48. The number of rotatable bonds is 3. The van der Waals surface area contributed by atoms with Gasteiger partial charge >= 0.3 is 0 Å². The second-order valence-electron chi connectivity index (χ2n) is 4.53. The summed E-state index contributed by atoms with van der Waals surface area (Å²) in [6, 6.07) is 2.80. The third-order valence-corrected chi connectivity index (χ3v) is 3.14. The van der Waals surface area contributed by atoms with Crippen molar-refractivity contribution >= 4 is 22.3 Å². The van der Waals surface area contributed by atoms with E-state index in [1.807, 2.05) is 0 Å². The van der Waals surface area contributed by atoms with Crippen molar-refractivity contribution in [1.82, 2.24) is 9.97 Å². The number of nitrogens with zero attached hydrogens (tertiary/aromatic N) is 2. The Labute approximate surface area is 106 Å². The molecule has 19 heavy (non-hydrogen) atoms. The Kier molecular flexibility index (Phi) is 2.46. The molecule has 1 fully saturated rings. The second kappa shape index (κ2) is 4.02. The van der Waals surface area contributed by atoms with E-state index < -0.39 is 10.5 Å². The first-order valence-electron chi connectivity index (χ1n) is 5.74. The van der Waals surface area contributed by atoms with E-state index in [0.29, 0.717) is 11.2 Å². The number of anilines is 1. The number of aromatic nitrogens is 2. The number of hydrogen-bond donors (Lipinski definition) is 3. The molecule has 1 saturated carbocycles. The smallest absolute Gasteiger partial charge is 0.293 e. The molecule has 0 aliphatic heterocycles. The topological polar surface area (TPSA) is 127 Å². The van der Waals surface area contributed by atoms with Crippen LogP contribution in [-0.4, -0.2) is 27.0 Å². The number of fused-ring (bicyclic) bond motifs is 1. The van der Waals surface area contributed by atoms with Gasteiger partial charge in [0.15, 0.2) is 0 Å². The summed E-state index contributed by atoms with van der Waals surface area (Å²) in [5.74, 6) is 0. The number of benzene rings is 1. The maximum Gasteiger partial charge on any atom is 0.293 e. The Morgan fingerprint density at radius 3 is 2.89 bits per heavy atom. The minimum Gasteiger partial charge on any atom is -0.375 e. The summed E-state index contributed by atoms with van der Waals surface area (Å²) in [5.41, 5.74) is 5.88. The maximum absolute atomic E-state index is 11.6. The standard InChI is InChI=1S/C11H11N5O3/c12-6-2-8(6)15-9-3-7-5(1-10(9)16(18)19)11(17)14-4-13-7/h1,3-4,6,8,15H,2,12H2,(H,13,14,17). The molecule has 2 aromatic rings. The normalized spacial score (nSPS) is 21.3. The lowest BCUT2D eigenvalue weighted by Gasteiger charge is -2.07. The Balaban J connectivity index is 2.15. The molecule has 1 aliphatic rings. The van der Waals surface area contributed by atoms with Gasteiger partial charge in [-0.3, -0.25) is 14.9 Å². The first-order valence-corrected chi connectivity index (χ1v) is 5.74. The highest BCUT2D eigenvalue weighted by Crippen LogP contribution is 2.32. The minimum atomic E-state index is -0.526. The number of nitrogens with two attached hydrogens (primary N) is 1. The van der Waals surface area contributed by atoms with Crippen molar-refractivity contribution in [2.24, 2.45) is 5.73 Å². The molecule has 1 aromatic carbocycles. The van der Waals surface area contributed by atoms with E-state index in [1.165, 1.54) is 18.5 Å². The van der Waals surface area contributed by atoms with Crippen molar-refractivity contribution in [3.8, 4) is 0 Å². The van der Waals surface area contributed by atoms with Gasteiger partial charge in [-0.25, -0.2) is 4.98 Å². The first-order chi connectivity index (χ1) is 9.06. The number of nitro groups is 1. The number of aromatic amines is 1. The molecule has 1 aromatic heterocycles. The summed E-state index contributed by atoms with van der Waals surface area (Å²) in [5, 5.41) is 14.3. The molecule has 98 valence electrons. The van der Waals surface area contributed by atoms with Gasteiger partial charge in [-0.2, -0.15) is 0 Å². The summed E-state index contributed by atoms with van der Waals surface area (Å²) >= 11 is 0. The predicted molar refractivity (Wildman–Crippen MR) is 69.0 cm³/mol. The van der Waals surface area contributed by atoms with Crippen molar-refractivity contribution in [3.05, 3.63) is 38.9 Å². The monoisotopic (exact) mass is 261 g/mol. The van der Waals surface area contributed by atoms with Crippen LogP contribution in [0.3, 0.4) is 0 Å². The SMILES string of the molecule is NC1CC1Nc1cc2nc[nH]c(=O)c2cc1[N+](=O)[O-]. The Morgan fingerprint density at radius 1 is 1.53 bits per heavy atom. The van der Waals surface area contributed by atoms with Crippen molar-refractivity contribution in [1.29, 1.82) is 0 Å². The highest BCUT2D eigenvalue weighted by Gasteiger charge is 2.35. The summed E-state index contributed by atoms with van der Waals surface area (Å²) in [4.78, 5) is 28.5. The van der Waals surface area contributed by atoms with Crippen LogP contribution in [-0.2, 0) is 0 Å². The highest BCUT2D eigenvalue weighted by molar-refractivity contribution is 5.86. The average Bonchev–Trinajstić information content (AvgIpc) is 3.04. The van der Waals surface area contributed by atoms with Gasteiger partial charge in [-0.05, 0) is 12.5 Å². The molecule has 0 spiro atoms. The van der Waals surface area contributed by atoms with Crippen molar-refractivity contribution in [2.75, 3.05) is 5.32 Å². The molecule has 1 aliphatic carbocycles. The molecule has 0 saturated heterocycles. The molecule has 3 rings (SSSR count). The number of nitro benzene ring substituents is 1. The van der Waals surface area contributed by atoms with Gasteiger partial charge in [0.1, 0.15) is 5.69 Å². The second-order valence-corrected chi connectivity index (χ2v) is 4.53. The van der Waals surface area contributed by atoms with Crippen molar-refractivity contribution < 1.29 is 4.92 Å². The summed E-state index contributed by atoms with van der Waals surface area (Å²) in [7, 11) is 0. The predicted octanol–water partition coefficient (Wildman–Crippen LogP) is 0.343. The fourth-order valence-electron chi connectivity index (χ4n) is 1.95. The minimum absolute atomic E-state index is 0.0161. The highest BCUT2D eigenvalue weighted by atomic mass is 16.6. The van der Waals surface area contributed by atoms with Gasteiger partial charge in [-0.15, -0.1) is 0 Å². The van der Waals surface area contributed by atoms with Crippen LogP contribution in [0.25, 0.3) is 10.9 Å². The van der Waals surface area contributed by atoms with Crippen LogP contribution in [0.2, 0.25) is 0 Å². The van der Waals surface area contributed by atoms with Crippen molar-refractivity contribution in [2.45, 2.75) is 18.5 Å². The number of nitrogens with one attached hydrogen (secondary N) is 2. The van der Waals surface area contributed by atoms with E-state index in [2.05, 4.69) is 15.3 Å². The molecular weight excluding hydrogens is 250 g/mol. The molecular formula is C11H11N5O3. The zero-order chi connectivity index (χ0) is 13.6. The molecule has 8 heteroatoms. The Bertz CT molecular complexity index is 726. The lowest BCUT2D eigenvalue weighted by molar-refractivity contribution is -0.383. The summed E-state index contributed by atoms with van der Waals surface area (Å²) < 4.78 is 0. The third kappa shape index (κ3) is 2.02. The van der Waals surface area contributed by atoms with Crippen LogP contribution >= 0.6 is 0 Å². The molecule has 0 bridgehead atoms. The zero-order valence-corrected chi connectivity index (χ0v) is 9.79. The van der Waals surface area contributed by atoms with Gasteiger partial charge in [0, 0.05) is 18.2 Å². The van der Waals surface area contributed by atoms with Crippen LogP contribution < -0.4 is 16.6 Å². The third-order valence-electron chi connectivity index (χ3n) is 3.14. The largest absolute Gasteiger partial charge is 0.375 e. The van der Waals surface area contributed by atoms with Gasteiger partial charge < -0.3 is 16.0 Å². The number of hydrogen-bond acceptors (Lipinski definition) is 6. The maximum atomic E-state index is 11.6. The fraction of sp³-hybridized carbons (Fsp3) is 0.273. The summed E-state index contributed by atoms with van der Waals surface area (Å²) in [6.07, 6.45) is 2.04. The molecule has 4 N–H and O–H groups in total. The van der Waals surface area contributed by atoms with E-state index in [4.69, 9.17) is 5.73 Å². The molecule has 0 radical (unpaired) electrons. The van der Waals surface area contributed by atoms with Gasteiger partial charge in [-0.1, -0.05) is 0 Å². The molecule has 8 nitrogen and oxygen atoms in total. The van der Waals surface area contributed by atoms with Crippen molar-refractivity contribution in [3.63, 3.8) is 0 Å². The van der Waals surface area contributed by atoms with E-state index in [1.54, 1.807) is 0 Å². The molecule has 2 atom stereocenters.